The number of allylic oxidation sites excluding steroid dienone is 1. The summed E-state index contributed by atoms with van der Waals surface area (Å²) in [5.41, 5.74) is 5.24. The lowest BCUT2D eigenvalue weighted by Gasteiger charge is -2.30. The van der Waals surface area contributed by atoms with E-state index in [4.69, 9.17) is 15.3 Å². The van der Waals surface area contributed by atoms with Gasteiger partial charge in [-0.25, -0.2) is 0 Å². The predicted octanol–water partition coefficient (Wildman–Crippen LogP) is 4.12. The molecule has 1 fully saturated rings. The summed E-state index contributed by atoms with van der Waals surface area (Å²) in [6, 6.07) is 12.1. The Kier molecular flexibility index (Phi) is 5.46. The monoisotopic (exact) mass is 410 g/mol. The lowest BCUT2D eigenvalue weighted by Crippen LogP contribution is -2.36. The highest BCUT2D eigenvalue weighted by Gasteiger charge is 2.16. The largest absolute Gasteiger partial charge is 0.378 e. The van der Waals surface area contributed by atoms with E-state index in [-0.39, 0.29) is 5.57 Å². The minimum atomic E-state index is 0.106. The van der Waals surface area contributed by atoms with Crippen LogP contribution in [0.4, 0.5) is 5.69 Å². The Balaban J connectivity index is 1.99. The van der Waals surface area contributed by atoms with Crippen LogP contribution in [-0.2, 0) is 4.74 Å². The molecule has 5 nitrogen and oxygen atoms in total. The summed E-state index contributed by atoms with van der Waals surface area (Å²) in [6.07, 6.45) is 1.63. The zero-order valence-electron chi connectivity index (χ0n) is 14.8. The van der Waals surface area contributed by atoms with Crippen LogP contribution in [0, 0.1) is 36.5 Å². The molecular weight excluding hydrogens is 392 g/mol. The molecule has 0 radical (unpaired) electrons. The lowest BCUT2D eigenvalue weighted by atomic mass is 10.1. The highest BCUT2D eigenvalue weighted by molar-refractivity contribution is 9.10. The van der Waals surface area contributed by atoms with E-state index in [1.165, 1.54) is 0 Å². The van der Waals surface area contributed by atoms with E-state index in [0.29, 0.717) is 0 Å². The van der Waals surface area contributed by atoms with Crippen LogP contribution < -0.4 is 4.90 Å². The molecule has 0 unspecified atom stereocenters. The van der Waals surface area contributed by atoms with E-state index in [1.807, 2.05) is 32.1 Å². The number of benzene rings is 1. The van der Waals surface area contributed by atoms with E-state index >= 15 is 0 Å². The molecule has 1 saturated heterocycles. The van der Waals surface area contributed by atoms with Crippen molar-refractivity contribution in [2.24, 2.45) is 0 Å². The Bertz CT molecular complexity index is 924. The lowest BCUT2D eigenvalue weighted by molar-refractivity contribution is 0.122. The number of morpholine rings is 1. The van der Waals surface area contributed by atoms with E-state index in [1.54, 1.807) is 6.08 Å². The third-order valence-electron chi connectivity index (χ3n) is 4.55. The van der Waals surface area contributed by atoms with Crippen LogP contribution in [0.25, 0.3) is 11.8 Å². The number of aromatic nitrogens is 1. The molecule has 0 bridgehead atoms. The van der Waals surface area contributed by atoms with Crippen molar-refractivity contribution in [1.82, 2.24) is 4.57 Å². The van der Waals surface area contributed by atoms with Crippen molar-refractivity contribution < 1.29 is 4.74 Å². The summed E-state index contributed by atoms with van der Waals surface area (Å²) in [4.78, 5) is 2.31. The predicted molar refractivity (Wildman–Crippen MR) is 105 cm³/mol. The molecule has 0 saturated carbocycles. The Hall–Kier alpha value is -2.54. The van der Waals surface area contributed by atoms with Crippen molar-refractivity contribution >= 4 is 27.7 Å². The van der Waals surface area contributed by atoms with Gasteiger partial charge in [-0.05, 0) is 65.7 Å². The molecule has 6 heteroatoms. The van der Waals surface area contributed by atoms with Gasteiger partial charge in [-0.15, -0.1) is 0 Å². The van der Waals surface area contributed by atoms with Gasteiger partial charge in [0.05, 0.1) is 18.9 Å². The number of rotatable bonds is 3. The van der Waals surface area contributed by atoms with Crippen LogP contribution in [0.2, 0.25) is 0 Å². The summed E-state index contributed by atoms with van der Waals surface area (Å²) in [7, 11) is 0. The van der Waals surface area contributed by atoms with Crippen molar-refractivity contribution in [2.45, 2.75) is 13.8 Å². The smallest absolute Gasteiger partial charge is 0.130 e. The van der Waals surface area contributed by atoms with Gasteiger partial charge >= 0.3 is 0 Å². The second-order valence-electron chi connectivity index (χ2n) is 6.18. The molecule has 0 atom stereocenters. The first kappa shape index (κ1) is 18.3. The second kappa shape index (κ2) is 7.78. The first-order valence-electron chi connectivity index (χ1n) is 8.38. The van der Waals surface area contributed by atoms with E-state index in [9.17, 15) is 0 Å². The van der Waals surface area contributed by atoms with Gasteiger partial charge in [-0.3, -0.25) is 0 Å². The van der Waals surface area contributed by atoms with Crippen LogP contribution in [0.3, 0.4) is 0 Å². The molecule has 132 valence electrons. The van der Waals surface area contributed by atoms with E-state index in [2.05, 4.69) is 43.6 Å². The normalized spacial score (nSPS) is 13.8. The number of nitriles is 2. The summed E-state index contributed by atoms with van der Waals surface area (Å²) in [5.74, 6) is 0. The maximum absolute atomic E-state index is 8.99. The van der Waals surface area contributed by atoms with Gasteiger partial charge in [0.2, 0.25) is 0 Å². The highest BCUT2D eigenvalue weighted by atomic mass is 79.9. The van der Waals surface area contributed by atoms with Crippen LogP contribution >= 0.6 is 15.9 Å². The van der Waals surface area contributed by atoms with Crippen LogP contribution in [-0.4, -0.2) is 30.9 Å². The third kappa shape index (κ3) is 3.53. The fourth-order valence-corrected chi connectivity index (χ4v) is 3.89. The van der Waals surface area contributed by atoms with Crippen molar-refractivity contribution in [3.63, 3.8) is 0 Å². The Morgan fingerprint density at radius 1 is 1.15 bits per heavy atom. The Morgan fingerprint density at radius 2 is 1.85 bits per heavy atom. The molecular formula is C20H19BrN4O. The number of ether oxygens (including phenoxy) is 1. The molecule has 0 amide bonds. The molecule has 1 aromatic heterocycles. The molecule has 2 aromatic rings. The molecule has 3 rings (SSSR count). The second-order valence-corrected chi connectivity index (χ2v) is 7.03. The first-order chi connectivity index (χ1) is 12.5. The topological polar surface area (TPSA) is 65.0 Å². The fraction of sp³-hybridized carbons (Fsp3) is 0.300. The number of nitrogens with zero attached hydrogens (tertiary/aromatic N) is 4. The number of hydrogen-bond donors (Lipinski definition) is 0. The van der Waals surface area contributed by atoms with Crippen molar-refractivity contribution in [3.05, 3.63) is 51.3 Å². The van der Waals surface area contributed by atoms with Crippen molar-refractivity contribution in [2.75, 3.05) is 31.2 Å². The fourth-order valence-electron chi connectivity index (χ4n) is 3.27. The molecule has 0 aliphatic carbocycles. The summed E-state index contributed by atoms with van der Waals surface area (Å²) in [6.45, 7) is 7.29. The number of anilines is 1. The van der Waals surface area contributed by atoms with Gasteiger partial charge in [0.25, 0.3) is 0 Å². The van der Waals surface area contributed by atoms with Crippen LogP contribution in [0.5, 0.6) is 0 Å². The Labute approximate surface area is 161 Å². The van der Waals surface area contributed by atoms with Gasteiger partial charge in [-0.1, -0.05) is 0 Å². The van der Waals surface area contributed by atoms with Gasteiger partial charge in [-0.2, -0.15) is 10.5 Å². The van der Waals surface area contributed by atoms with Crippen LogP contribution in [0.1, 0.15) is 17.0 Å². The van der Waals surface area contributed by atoms with Gasteiger partial charge < -0.3 is 14.2 Å². The molecule has 1 aromatic carbocycles. The average molecular weight is 411 g/mol. The summed E-state index contributed by atoms with van der Waals surface area (Å²) >= 11 is 3.70. The molecule has 2 heterocycles. The Morgan fingerprint density at radius 3 is 2.46 bits per heavy atom. The zero-order chi connectivity index (χ0) is 18.7. The molecule has 0 spiro atoms. The van der Waals surface area contributed by atoms with Crippen LogP contribution in [0.15, 0.2) is 34.3 Å². The first-order valence-corrected chi connectivity index (χ1v) is 9.18. The van der Waals surface area contributed by atoms with Crippen molar-refractivity contribution in [3.8, 4) is 17.8 Å². The molecule has 26 heavy (non-hydrogen) atoms. The minimum Gasteiger partial charge on any atom is -0.378 e. The highest BCUT2D eigenvalue weighted by Crippen LogP contribution is 2.31. The standard InChI is InChI=1S/C20H19BrN4O/c1-14-9-17(10-16(12-22)13-23)15(2)25(14)18-3-4-20(19(21)11-18)24-5-7-26-8-6-24/h3-4,9-11H,5-8H2,1-2H3. The third-order valence-corrected chi connectivity index (χ3v) is 5.19. The van der Waals surface area contributed by atoms with E-state index < -0.39 is 0 Å². The summed E-state index contributed by atoms with van der Waals surface area (Å²) < 4.78 is 8.60. The maximum Gasteiger partial charge on any atom is 0.130 e. The maximum atomic E-state index is 8.99. The molecule has 1 aliphatic heterocycles. The quantitative estimate of drug-likeness (QED) is 0.713. The summed E-state index contributed by atoms with van der Waals surface area (Å²) in [5, 5.41) is 18.0. The van der Waals surface area contributed by atoms with Gasteiger partial charge in [0.1, 0.15) is 17.7 Å². The van der Waals surface area contributed by atoms with Gasteiger partial charge in [0, 0.05) is 34.6 Å². The number of halogens is 1. The molecule has 1 aliphatic rings. The zero-order valence-corrected chi connectivity index (χ0v) is 16.4. The average Bonchev–Trinajstić information content (AvgIpc) is 2.93. The molecule has 0 N–H and O–H groups in total. The van der Waals surface area contributed by atoms with E-state index in [0.717, 1.165) is 59.1 Å². The number of hydrogen-bond acceptors (Lipinski definition) is 4. The number of aryl methyl sites for hydroxylation is 1. The van der Waals surface area contributed by atoms with Crippen molar-refractivity contribution in [1.29, 1.82) is 10.5 Å². The SMILES string of the molecule is Cc1cc(C=C(C#N)C#N)c(C)n1-c1ccc(N2CCOCC2)c(Br)c1. The minimum absolute atomic E-state index is 0.106. The van der Waals surface area contributed by atoms with Gasteiger partial charge in [0.15, 0.2) is 0 Å².